The van der Waals surface area contributed by atoms with Crippen LogP contribution in [0.25, 0.3) is 5.65 Å². The molecule has 1 amide bonds. The van der Waals surface area contributed by atoms with Crippen LogP contribution in [0.3, 0.4) is 0 Å². The quantitative estimate of drug-likeness (QED) is 0.753. The zero-order chi connectivity index (χ0) is 18.2. The van der Waals surface area contributed by atoms with E-state index in [9.17, 15) is 22.8 Å². The Kier molecular flexibility index (Phi) is 4.07. The lowest BCUT2D eigenvalue weighted by Crippen LogP contribution is -2.24. The third-order valence-electron chi connectivity index (χ3n) is 3.84. The van der Waals surface area contributed by atoms with Gasteiger partial charge in [0.15, 0.2) is 11.1 Å². The van der Waals surface area contributed by atoms with Crippen LogP contribution in [0.4, 0.5) is 13.2 Å². The Bertz CT molecular complexity index is 987. The second-order valence-corrected chi connectivity index (χ2v) is 5.48. The minimum atomic E-state index is -4.38. The highest BCUT2D eigenvalue weighted by Crippen LogP contribution is 2.29. The molecule has 0 fully saturated rings. The van der Waals surface area contributed by atoms with Gasteiger partial charge in [-0.1, -0.05) is 12.1 Å². The number of amides is 1. The van der Waals surface area contributed by atoms with E-state index in [1.54, 1.807) is 0 Å². The molecule has 1 aromatic carbocycles. The molecule has 0 atom stereocenters. The Hall–Kier alpha value is -3.10. The van der Waals surface area contributed by atoms with Crippen LogP contribution in [0.5, 0.6) is 0 Å². The molecule has 3 aromatic rings. The van der Waals surface area contributed by atoms with E-state index in [0.717, 1.165) is 12.1 Å². The van der Waals surface area contributed by atoms with Crippen molar-refractivity contribution in [1.82, 2.24) is 14.6 Å². The molecule has 0 radical (unpaired) electrons. The van der Waals surface area contributed by atoms with Crippen LogP contribution >= 0.6 is 0 Å². The van der Waals surface area contributed by atoms with Crippen molar-refractivity contribution in [1.29, 1.82) is 0 Å². The summed E-state index contributed by atoms with van der Waals surface area (Å²) in [5.41, 5.74) is 5.10. The number of halogens is 3. The lowest BCUT2D eigenvalue weighted by Gasteiger charge is -2.09. The molecule has 2 aromatic heterocycles. The van der Waals surface area contributed by atoms with Crippen molar-refractivity contribution in [2.24, 2.45) is 5.73 Å². The first-order valence-corrected chi connectivity index (χ1v) is 7.31. The fourth-order valence-corrected chi connectivity index (χ4v) is 2.61. The third kappa shape index (κ3) is 3.25. The lowest BCUT2D eigenvalue weighted by molar-refractivity contribution is -0.137. The van der Waals surface area contributed by atoms with Crippen molar-refractivity contribution < 1.29 is 18.0 Å². The van der Waals surface area contributed by atoms with E-state index < -0.39 is 23.1 Å². The van der Waals surface area contributed by atoms with Gasteiger partial charge in [-0.2, -0.15) is 13.2 Å². The van der Waals surface area contributed by atoms with E-state index in [4.69, 9.17) is 5.73 Å². The molecule has 130 valence electrons. The second kappa shape index (κ2) is 6.08. The van der Waals surface area contributed by atoms with E-state index in [2.05, 4.69) is 10.1 Å². The first kappa shape index (κ1) is 16.7. The minimum absolute atomic E-state index is 0.127. The highest BCUT2D eigenvalue weighted by atomic mass is 19.4. The summed E-state index contributed by atoms with van der Waals surface area (Å²) >= 11 is 0. The molecule has 2 heterocycles. The molecule has 3 N–H and O–H groups in total. The van der Waals surface area contributed by atoms with Crippen molar-refractivity contribution in [2.75, 3.05) is 0 Å². The fraction of sp³-hybridized carbons (Fsp3) is 0.188. The molecule has 0 bridgehead atoms. The normalized spacial score (nSPS) is 11.8. The van der Waals surface area contributed by atoms with Crippen LogP contribution in [0.15, 0.2) is 41.5 Å². The van der Waals surface area contributed by atoms with Gasteiger partial charge in [0.05, 0.1) is 5.56 Å². The Morgan fingerprint density at radius 1 is 1.20 bits per heavy atom. The standard InChI is InChI=1S/C16H13F3N4O2/c17-16(18,19)10-4-1-9(2-5-10)3-6-11-7-12(24)13(14(20)25)15-21-8-22-23(11)15/h1-2,4-5,7-8H,3,6H2,(H2,20,25)(H,21,22). The number of hydrogen-bond donors (Lipinski definition) is 2. The van der Waals surface area contributed by atoms with Crippen LogP contribution in [0, 0.1) is 0 Å². The molecular weight excluding hydrogens is 337 g/mol. The summed E-state index contributed by atoms with van der Waals surface area (Å²) in [6, 6.07) is 6.10. The molecule has 0 saturated heterocycles. The Morgan fingerprint density at radius 3 is 2.48 bits per heavy atom. The van der Waals surface area contributed by atoms with Crippen molar-refractivity contribution in [3.63, 3.8) is 0 Å². The lowest BCUT2D eigenvalue weighted by atomic mass is 10.0. The fourth-order valence-electron chi connectivity index (χ4n) is 2.61. The van der Waals surface area contributed by atoms with Crippen molar-refractivity contribution in [3.05, 3.63) is 69.3 Å². The highest BCUT2D eigenvalue weighted by molar-refractivity contribution is 5.98. The molecule has 0 spiro atoms. The average molecular weight is 350 g/mol. The molecule has 0 aliphatic heterocycles. The molecule has 0 saturated carbocycles. The SMILES string of the molecule is NC(=O)c1c(=O)cc(CCc2ccc(C(F)(F)F)cc2)n2[nH]cnc12. The van der Waals surface area contributed by atoms with Crippen LogP contribution < -0.4 is 11.2 Å². The van der Waals surface area contributed by atoms with Crippen LogP contribution in [-0.4, -0.2) is 20.5 Å². The van der Waals surface area contributed by atoms with Crippen molar-refractivity contribution >= 4 is 11.6 Å². The van der Waals surface area contributed by atoms with Crippen LogP contribution in [0.1, 0.15) is 27.2 Å². The molecule has 25 heavy (non-hydrogen) atoms. The topological polar surface area (TPSA) is 93.3 Å². The molecule has 0 aliphatic rings. The number of fused-ring (bicyclic) bond motifs is 1. The predicted octanol–water partition coefficient (Wildman–Crippen LogP) is 1.93. The number of alkyl halides is 3. The number of nitrogens with two attached hydrogens (primary N) is 1. The third-order valence-corrected chi connectivity index (χ3v) is 3.84. The first-order chi connectivity index (χ1) is 11.8. The number of nitrogens with zero attached hydrogens (tertiary/aromatic N) is 2. The van der Waals surface area contributed by atoms with Gasteiger partial charge in [0.2, 0.25) is 0 Å². The summed E-state index contributed by atoms with van der Waals surface area (Å²) in [5, 5.41) is 2.79. The number of nitrogens with one attached hydrogen (secondary N) is 1. The summed E-state index contributed by atoms with van der Waals surface area (Å²) in [6.45, 7) is 0. The Balaban J connectivity index is 1.87. The van der Waals surface area contributed by atoms with Gasteiger partial charge < -0.3 is 5.73 Å². The van der Waals surface area contributed by atoms with Gasteiger partial charge in [-0.3, -0.25) is 14.7 Å². The highest BCUT2D eigenvalue weighted by Gasteiger charge is 2.29. The zero-order valence-corrected chi connectivity index (χ0v) is 12.8. The summed E-state index contributed by atoms with van der Waals surface area (Å²) in [7, 11) is 0. The van der Waals surface area contributed by atoms with Gasteiger partial charge >= 0.3 is 6.18 Å². The van der Waals surface area contributed by atoms with Gasteiger partial charge in [0.1, 0.15) is 11.9 Å². The van der Waals surface area contributed by atoms with Gasteiger partial charge in [-0.25, -0.2) is 9.50 Å². The monoisotopic (exact) mass is 350 g/mol. The van der Waals surface area contributed by atoms with Crippen molar-refractivity contribution in [2.45, 2.75) is 19.0 Å². The number of benzene rings is 1. The van der Waals surface area contributed by atoms with E-state index in [1.165, 1.54) is 29.0 Å². The second-order valence-electron chi connectivity index (χ2n) is 5.48. The largest absolute Gasteiger partial charge is 0.416 e. The van der Waals surface area contributed by atoms with Gasteiger partial charge in [0, 0.05) is 11.8 Å². The number of aromatic amines is 1. The number of pyridine rings is 1. The van der Waals surface area contributed by atoms with Crippen molar-refractivity contribution in [3.8, 4) is 0 Å². The average Bonchev–Trinajstić information content (AvgIpc) is 3.00. The first-order valence-electron chi connectivity index (χ1n) is 7.31. The minimum Gasteiger partial charge on any atom is -0.365 e. The maximum atomic E-state index is 12.6. The molecule has 0 unspecified atom stereocenters. The maximum Gasteiger partial charge on any atom is 0.416 e. The van der Waals surface area contributed by atoms with Gasteiger partial charge in [-0.15, -0.1) is 0 Å². The predicted molar refractivity (Wildman–Crippen MR) is 83.2 cm³/mol. The molecular formula is C16H13F3N4O2. The molecule has 6 nitrogen and oxygen atoms in total. The van der Waals surface area contributed by atoms with E-state index in [0.29, 0.717) is 24.1 Å². The number of carbonyl (C=O) groups excluding carboxylic acids is 1. The number of carbonyl (C=O) groups is 1. The number of aryl methyl sites for hydroxylation is 2. The number of primary amides is 1. The Morgan fingerprint density at radius 2 is 1.88 bits per heavy atom. The van der Waals surface area contributed by atoms with Crippen LogP contribution in [0.2, 0.25) is 0 Å². The summed E-state index contributed by atoms with van der Waals surface area (Å²) in [5.74, 6) is -0.871. The van der Waals surface area contributed by atoms with E-state index in [1.807, 2.05) is 0 Å². The number of hydrogen-bond acceptors (Lipinski definition) is 3. The number of rotatable bonds is 4. The van der Waals surface area contributed by atoms with E-state index in [-0.39, 0.29) is 11.2 Å². The summed E-state index contributed by atoms with van der Waals surface area (Å²) in [6.07, 6.45) is -2.28. The number of aromatic nitrogens is 3. The van der Waals surface area contributed by atoms with E-state index >= 15 is 0 Å². The van der Waals surface area contributed by atoms with Crippen LogP contribution in [-0.2, 0) is 19.0 Å². The Labute approximate surface area is 139 Å². The molecule has 3 rings (SSSR count). The molecule has 9 heteroatoms. The smallest absolute Gasteiger partial charge is 0.365 e. The maximum absolute atomic E-state index is 12.6. The van der Waals surface area contributed by atoms with Gasteiger partial charge in [-0.05, 0) is 30.5 Å². The summed E-state index contributed by atoms with van der Waals surface area (Å²) in [4.78, 5) is 27.4. The van der Waals surface area contributed by atoms with Gasteiger partial charge in [0.25, 0.3) is 5.91 Å². The number of H-pyrrole nitrogens is 1. The molecule has 0 aliphatic carbocycles. The summed E-state index contributed by atoms with van der Waals surface area (Å²) < 4.78 is 39.2. The zero-order valence-electron chi connectivity index (χ0n) is 12.8.